The number of benzene rings is 2. The van der Waals surface area contributed by atoms with Crippen molar-refractivity contribution < 1.29 is 17.9 Å². The van der Waals surface area contributed by atoms with Crippen molar-refractivity contribution in [3.05, 3.63) is 65.2 Å². The van der Waals surface area contributed by atoms with Gasteiger partial charge in [0.05, 0.1) is 11.5 Å². The van der Waals surface area contributed by atoms with Crippen LogP contribution in [0.3, 0.4) is 0 Å². The molecule has 6 nitrogen and oxygen atoms in total. The second kappa shape index (κ2) is 7.55. The molecule has 0 N–H and O–H groups in total. The van der Waals surface area contributed by atoms with Crippen LogP contribution in [0.15, 0.2) is 53.4 Å². The number of piperidine rings is 1. The zero-order chi connectivity index (χ0) is 20.6. The molecule has 0 saturated carbocycles. The van der Waals surface area contributed by atoms with Crippen LogP contribution in [-0.4, -0.2) is 55.5 Å². The molecule has 1 amide bonds. The molecule has 7 heteroatoms. The smallest absolute Gasteiger partial charge is 0.253 e. The molecule has 2 fully saturated rings. The number of rotatable bonds is 3. The minimum atomic E-state index is -3.65. The first-order valence-corrected chi connectivity index (χ1v) is 11.4. The molecule has 2 aliphatic heterocycles. The van der Waals surface area contributed by atoms with Gasteiger partial charge in [-0.3, -0.25) is 4.79 Å². The van der Waals surface area contributed by atoms with Crippen LogP contribution < -0.4 is 0 Å². The van der Waals surface area contributed by atoms with E-state index in [-0.39, 0.29) is 10.8 Å². The summed E-state index contributed by atoms with van der Waals surface area (Å²) in [5.74, 6) is -0.0224. The normalized spacial score (nSPS) is 19.6. The lowest BCUT2D eigenvalue weighted by atomic mass is 9.99. The third kappa shape index (κ3) is 3.70. The number of nitrogens with zero attached hydrogens (tertiary/aromatic N) is 2. The first-order chi connectivity index (χ1) is 13.8. The molecule has 2 aliphatic rings. The summed E-state index contributed by atoms with van der Waals surface area (Å²) in [5, 5.41) is 0. The summed E-state index contributed by atoms with van der Waals surface area (Å²) in [6.07, 6.45) is 0.936. The fraction of sp³-hybridized carbons (Fsp3) is 0.409. The van der Waals surface area contributed by atoms with E-state index >= 15 is 0 Å². The van der Waals surface area contributed by atoms with Crippen molar-refractivity contribution in [2.75, 3.05) is 26.2 Å². The van der Waals surface area contributed by atoms with Gasteiger partial charge in [-0.2, -0.15) is 4.31 Å². The number of amides is 1. The lowest BCUT2D eigenvalue weighted by Gasteiger charge is -2.42. The van der Waals surface area contributed by atoms with E-state index in [1.807, 2.05) is 38.1 Å². The van der Waals surface area contributed by atoms with E-state index in [4.69, 9.17) is 4.74 Å². The van der Waals surface area contributed by atoms with Gasteiger partial charge in [-0.25, -0.2) is 8.42 Å². The van der Waals surface area contributed by atoms with Crippen molar-refractivity contribution in [1.29, 1.82) is 0 Å². The molecule has 2 saturated heterocycles. The minimum Gasteiger partial charge on any atom is -0.358 e. The molecule has 154 valence electrons. The van der Waals surface area contributed by atoms with Gasteiger partial charge in [0.25, 0.3) is 5.91 Å². The number of sulfonamides is 1. The van der Waals surface area contributed by atoms with Crippen LogP contribution in [0.2, 0.25) is 0 Å². The van der Waals surface area contributed by atoms with Gasteiger partial charge in [0.2, 0.25) is 10.0 Å². The Bertz CT molecular complexity index is 992. The maximum absolute atomic E-state index is 13.3. The molecule has 2 aromatic rings. The van der Waals surface area contributed by atoms with Gasteiger partial charge in [0.15, 0.2) is 0 Å². The number of carbonyl (C=O) groups is 1. The number of hydrogen-bond donors (Lipinski definition) is 0. The van der Waals surface area contributed by atoms with Gasteiger partial charge in [0, 0.05) is 38.0 Å². The fourth-order valence-electron chi connectivity index (χ4n) is 4.10. The van der Waals surface area contributed by atoms with E-state index in [9.17, 15) is 13.2 Å². The van der Waals surface area contributed by atoms with Gasteiger partial charge in [-0.05, 0) is 38.1 Å². The summed E-state index contributed by atoms with van der Waals surface area (Å²) in [7, 11) is -3.65. The average molecular weight is 415 g/mol. The van der Waals surface area contributed by atoms with E-state index in [0.717, 1.165) is 11.1 Å². The van der Waals surface area contributed by atoms with Crippen molar-refractivity contribution in [3.8, 4) is 0 Å². The Balaban J connectivity index is 1.51. The Morgan fingerprint density at radius 2 is 1.45 bits per heavy atom. The second-order valence-corrected chi connectivity index (χ2v) is 9.71. The Kier molecular flexibility index (Phi) is 5.23. The largest absolute Gasteiger partial charge is 0.358 e. The standard InChI is InChI=1S/C22H26N2O4S/c1-17-3-7-19(8-4-17)21(25)23-13-11-22(12-14-23)24(15-16-28-22)29(26,27)20-9-5-18(2)6-10-20/h3-10H,11-16H2,1-2H3. The zero-order valence-corrected chi connectivity index (χ0v) is 17.6. The molecular weight excluding hydrogens is 388 g/mol. The lowest BCUT2D eigenvalue weighted by molar-refractivity contribution is -0.0857. The Hall–Kier alpha value is -2.22. The molecule has 4 rings (SSSR count). The third-order valence-electron chi connectivity index (χ3n) is 5.86. The van der Waals surface area contributed by atoms with Crippen molar-refractivity contribution in [2.45, 2.75) is 37.3 Å². The first kappa shape index (κ1) is 20.1. The lowest BCUT2D eigenvalue weighted by Crippen LogP contribution is -2.55. The molecule has 0 aromatic heterocycles. The van der Waals surface area contributed by atoms with Crippen molar-refractivity contribution in [2.24, 2.45) is 0 Å². The summed E-state index contributed by atoms with van der Waals surface area (Å²) in [6, 6.07) is 14.4. The molecule has 0 radical (unpaired) electrons. The van der Waals surface area contributed by atoms with E-state index < -0.39 is 15.7 Å². The van der Waals surface area contributed by atoms with Gasteiger partial charge >= 0.3 is 0 Å². The van der Waals surface area contributed by atoms with E-state index in [2.05, 4.69) is 0 Å². The average Bonchev–Trinajstić information content (AvgIpc) is 3.13. The van der Waals surface area contributed by atoms with Crippen molar-refractivity contribution >= 4 is 15.9 Å². The van der Waals surface area contributed by atoms with Crippen LogP contribution in [0.25, 0.3) is 0 Å². The molecule has 29 heavy (non-hydrogen) atoms. The predicted molar refractivity (Wildman–Crippen MR) is 110 cm³/mol. The Morgan fingerprint density at radius 1 is 0.897 bits per heavy atom. The topological polar surface area (TPSA) is 66.9 Å². The molecule has 0 aliphatic carbocycles. The molecule has 2 heterocycles. The first-order valence-electron chi connectivity index (χ1n) is 9.91. The fourth-order valence-corrected chi connectivity index (χ4v) is 5.83. The Labute approximate surface area is 172 Å². The zero-order valence-electron chi connectivity index (χ0n) is 16.8. The highest BCUT2D eigenvalue weighted by atomic mass is 32.2. The molecule has 0 bridgehead atoms. The number of likely N-dealkylation sites (tertiary alicyclic amines) is 1. The van der Waals surface area contributed by atoms with Crippen molar-refractivity contribution in [3.63, 3.8) is 0 Å². The van der Waals surface area contributed by atoms with Gasteiger partial charge in [-0.15, -0.1) is 0 Å². The summed E-state index contributed by atoms with van der Waals surface area (Å²) in [4.78, 5) is 14.9. The van der Waals surface area contributed by atoms with Crippen LogP contribution in [0, 0.1) is 13.8 Å². The number of carbonyl (C=O) groups excluding carboxylic acids is 1. The summed E-state index contributed by atoms with van der Waals surface area (Å²) < 4.78 is 34.0. The minimum absolute atomic E-state index is 0.0224. The maximum Gasteiger partial charge on any atom is 0.253 e. The van der Waals surface area contributed by atoms with Crippen molar-refractivity contribution in [1.82, 2.24) is 9.21 Å². The molecule has 1 spiro atoms. The van der Waals surface area contributed by atoms with Gasteiger partial charge in [0.1, 0.15) is 5.72 Å². The van der Waals surface area contributed by atoms with Crippen LogP contribution in [0.5, 0.6) is 0 Å². The highest BCUT2D eigenvalue weighted by Gasteiger charge is 2.50. The number of aryl methyl sites for hydroxylation is 2. The second-order valence-electron chi connectivity index (χ2n) is 7.84. The maximum atomic E-state index is 13.3. The summed E-state index contributed by atoms with van der Waals surface area (Å²) in [6.45, 7) is 5.55. The highest BCUT2D eigenvalue weighted by Crippen LogP contribution is 2.38. The van der Waals surface area contributed by atoms with Gasteiger partial charge < -0.3 is 9.64 Å². The number of ether oxygens (including phenoxy) is 1. The van der Waals surface area contributed by atoms with Gasteiger partial charge in [-0.1, -0.05) is 35.4 Å². The number of hydrogen-bond acceptors (Lipinski definition) is 4. The predicted octanol–water partition coefficient (Wildman–Crippen LogP) is 2.96. The molecular formula is C22H26N2O4S. The highest BCUT2D eigenvalue weighted by molar-refractivity contribution is 7.89. The Morgan fingerprint density at radius 3 is 2.03 bits per heavy atom. The quantitative estimate of drug-likeness (QED) is 0.775. The summed E-state index contributed by atoms with van der Waals surface area (Å²) in [5.41, 5.74) is 1.91. The molecule has 0 unspecified atom stereocenters. The van der Waals surface area contributed by atoms with Crippen LogP contribution >= 0.6 is 0 Å². The van der Waals surface area contributed by atoms with E-state index in [1.54, 1.807) is 29.2 Å². The van der Waals surface area contributed by atoms with E-state index in [1.165, 1.54) is 4.31 Å². The molecule has 2 aromatic carbocycles. The molecule has 0 atom stereocenters. The van der Waals surface area contributed by atoms with Crippen LogP contribution in [0.4, 0.5) is 0 Å². The third-order valence-corrected chi connectivity index (χ3v) is 7.82. The van der Waals surface area contributed by atoms with Crippen LogP contribution in [-0.2, 0) is 14.8 Å². The monoisotopic (exact) mass is 414 g/mol. The van der Waals surface area contributed by atoms with E-state index in [0.29, 0.717) is 44.6 Å². The summed E-state index contributed by atoms with van der Waals surface area (Å²) >= 11 is 0. The SMILES string of the molecule is Cc1ccc(C(=O)N2CCC3(CC2)OCCN3S(=O)(=O)c2ccc(C)cc2)cc1. The van der Waals surface area contributed by atoms with Crippen LogP contribution in [0.1, 0.15) is 34.3 Å².